The monoisotopic (exact) mass is 477 g/mol. The van der Waals surface area contributed by atoms with Crippen molar-refractivity contribution in [2.45, 2.75) is 19.9 Å². The number of aromatic nitrogens is 1. The molecule has 1 N–H and O–H groups in total. The molecular weight excluding hydrogens is 460 g/mol. The smallest absolute Gasteiger partial charge is 0.244 e. The molecule has 0 aliphatic heterocycles. The highest BCUT2D eigenvalue weighted by atomic mass is 35.5. The van der Waals surface area contributed by atoms with E-state index in [4.69, 9.17) is 23.2 Å². The van der Waals surface area contributed by atoms with Crippen LogP contribution in [-0.2, 0) is 9.59 Å². The Morgan fingerprint density at radius 1 is 1.23 bits per heavy atom. The molecule has 2 aromatic carbocycles. The van der Waals surface area contributed by atoms with Gasteiger partial charge in [0, 0.05) is 28.4 Å². The summed E-state index contributed by atoms with van der Waals surface area (Å²) in [5.74, 6) is -1.24. The molecule has 9 heteroatoms. The molecule has 3 aromatic rings. The van der Waals surface area contributed by atoms with E-state index < -0.39 is 5.82 Å². The highest BCUT2D eigenvalue weighted by molar-refractivity contribution is 7.14. The van der Waals surface area contributed by atoms with E-state index in [9.17, 15) is 14.0 Å². The summed E-state index contributed by atoms with van der Waals surface area (Å²) in [5.41, 5.74) is 1.33. The summed E-state index contributed by atoms with van der Waals surface area (Å²) in [6.07, 6.45) is 2.85. The molecule has 0 bridgehead atoms. The van der Waals surface area contributed by atoms with Gasteiger partial charge in [0.15, 0.2) is 5.13 Å². The van der Waals surface area contributed by atoms with Crippen LogP contribution in [0, 0.1) is 5.82 Å². The first-order valence-corrected chi connectivity index (χ1v) is 10.8. The average molecular weight is 478 g/mol. The van der Waals surface area contributed by atoms with Gasteiger partial charge in [-0.25, -0.2) is 9.37 Å². The van der Waals surface area contributed by atoms with Crippen LogP contribution < -0.4 is 10.2 Å². The van der Waals surface area contributed by atoms with E-state index in [1.807, 2.05) is 0 Å². The summed E-state index contributed by atoms with van der Waals surface area (Å²) >= 11 is 13.3. The second-order valence-corrected chi connectivity index (χ2v) is 8.27. The molecule has 5 nitrogen and oxygen atoms in total. The van der Waals surface area contributed by atoms with Gasteiger partial charge in [-0.3, -0.25) is 14.5 Å². The predicted octanol–water partition coefficient (Wildman–Crippen LogP) is 6.16. The maximum absolute atomic E-state index is 14.2. The topological polar surface area (TPSA) is 62.3 Å². The third kappa shape index (κ3) is 5.70. The van der Waals surface area contributed by atoms with E-state index in [0.29, 0.717) is 20.9 Å². The number of thiazole rings is 1. The second-order valence-electron chi connectivity index (χ2n) is 6.59. The third-order valence-electron chi connectivity index (χ3n) is 4.30. The molecule has 0 saturated carbocycles. The number of amides is 2. The molecule has 2 amide bonds. The quantitative estimate of drug-likeness (QED) is 0.432. The maximum Gasteiger partial charge on any atom is 0.244 e. The van der Waals surface area contributed by atoms with Crippen LogP contribution in [0.15, 0.2) is 53.9 Å². The minimum atomic E-state index is -0.529. The standard InChI is InChI=1S/C22H18Cl2FN3O2S/c1-13(17-9-7-15(23)11-18(17)24)26-21(30)10-8-16-12-31-22(27-16)28(14(2)29)20-6-4-3-5-19(20)25/h3-13H,1-2H3,(H,26,30)/b10-8+. The number of para-hydroxylation sites is 1. The van der Waals surface area contributed by atoms with Crippen LogP contribution in [0.25, 0.3) is 6.08 Å². The van der Waals surface area contributed by atoms with Crippen molar-refractivity contribution in [3.05, 3.63) is 81.0 Å². The minimum absolute atomic E-state index is 0.117. The molecule has 0 fully saturated rings. The van der Waals surface area contributed by atoms with Crippen LogP contribution in [0.1, 0.15) is 31.1 Å². The summed E-state index contributed by atoms with van der Waals surface area (Å²) < 4.78 is 14.2. The van der Waals surface area contributed by atoms with Gasteiger partial charge in [0.25, 0.3) is 0 Å². The van der Waals surface area contributed by atoms with E-state index in [1.54, 1.807) is 42.6 Å². The number of anilines is 2. The van der Waals surface area contributed by atoms with Gasteiger partial charge in [-0.15, -0.1) is 11.3 Å². The first kappa shape index (κ1) is 22.9. The zero-order valence-corrected chi connectivity index (χ0v) is 18.9. The van der Waals surface area contributed by atoms with Crippen LogP contribution in [0.4, 0.5) is 15.2 Å². The zero-order chi connectivity index (χ0) is 22.5. The van der Waals surface area contributed by atoms with Crippen molar-refractivity contribution in [2.75, 3.05) is 4.90 Å². The normalized spacial score (nSPS) is 12.0. The lowest BCUT2D eigenvalue weighted by Crippen LogP contribution is -2.24. The predicted molar refractivity (Wildman–Crippen MR) is 123 cm³/mol. The van der Waals surface area contributed by atoms with E-state index in [1.165, 1.54) is 47.4 Å². The Morgan fingerprint density at radius 2 is 1.97 bits per heavy atom. The number of nitrogens with zero attached hydrogens (tertiary/aromatic N) is 2. The lowest BCUT2D eigenvalue weighted by molar-refractivity contribution is -0.117. The number of hydrogen-bond acceptors (Lipinski definition) is 4. The molecule has 0 aliphatic rings. The van der Waals surface area contributed by atoms with E-state index in [-0.39, 0.29) is 23.5 Å². The number of rotatable bonds is 6. The van der Waals surface area contributed by atoms with Crippen molar-refractivity contribution in [1.29, 1.82) is 0 Å². The molecule has 160 valence electrons. The molecule has 1 unspecified atom stereocenters. The van der Waals surface area contributed by atoms with Gasteiger partial charge < -0.3 is 5.32 Å². The van der Waals surface area contributed by atoms with Crippen molar-refractivity contribution >= 4 is 63.2 Å². The molecule has 0 saturated heterocycles. The van der Waals surface area contributed by atoms with Gasteiger partial charge in [-0.05, 0) is 42.8 Å². The van der Waals surface area contributed by atoms with Crippen molar-refractivity contribution in [1.82, 2.24) is 10.3 Å². The summed E-state index contributed by atoms with van der Waals surface area (Å²) in [6.45, 7) is 3.14. The fourth-order valence-corrected chi connectivity index (χ4v) is 4.27. The number of carbonyl (C=O) groups excluding carboxylic acids is 2. The van der Waals surface area contributed by atoms with Gasteiger partial charge in [0.2, 0.25) is 11.8 Å². The molecule has 0 radical (unpaired) electrons. The molecule has 1 atom stereocenters. The first-order valence-electron chi connectivity index (χ1n) is 9.20. The largest absolute Gasteiger partial charge is 0.346 e. The number of hydrogen-bond donors (Lipinski definition) is 1. The fraction of sp³-hybridized carbons (Fsp3) is 0.136. The Hall–Kier alpha value is -2.74. The molecule has 3 rings (SSSR count). The van der Waals surface area contributed by atoms with Gasteiger partial charge in [-0.2, -0.15) is 0 Å². The fourth-order valence-electron chi connectivity index (χ4n) is 2.85. The molecule has 0 spiro atoms. The van der Waals surface area contributed by atoms with Gasteiger partial charge >= 0.3 is 0 Å². The Labute approximate surface area is 193 Å². The highest BCUT2D eigenvalue weighted by Gasteiger charge is 2.20. The molecule has 0 aliphatic carbocycles. The zero-order valence-electron chi connectivity index (χ0n) is 16.6. The lowest BCUT2D eigenvalue weighted by atomic mass is 10.1. The van der Waals surface area contributed by atoms with Crippen molar-refractivity contribution < 1.29 is 14.0 Å². The number of nitrogens with one attached hydrogen (secondary N) is 1. The van der Waals surface area contributed by atoms with Crippen LogP contribution >= 0.6 is 34.5 Å². The highest BCUT2D eigenvalue weighted by Crippen LogP contribution is 2.31. The van der Waals surface area contributed by atoms with Crippen LogP contribution in [-0.4, -0.2) is 16.8 Å². The lowest BCUT2D eigenvalue weighted by Gasteiger charge is -2.18. The summed E-state index contributed by atoms with van der Waals surface area (Å²) in [5, 5.41) is 5.78. The van der Waals surface area contributed by atoms with Gasteiger partial charge in [0.05, 0.1) is 17.4 Å². The second kappa shape index (κ2) is 10.0. The molecular formula is C22H18Cl2FN3O2S. The number of benzene rings is 2. The molecule has 1 heterocycles. The Balaban J connectivity index is 1.71. The van der Waals surface area contributed by atoms with Crippen molar-refractivity contribution in [2.24, 2.45) is 0 Å². The molecule has 31 heavy (non-hydrogen) atoms. The molecule has 1 aromatic heterocycles. The van der Waals surface area contributed by atoms with Crippen LogP contribution in [0.2, 0.25) is 10.0 Å². The van der Waals surface area contributed by atoms with E-state index in [2.05, 4.69) is 10.3 Å². The van der Waals surface area contributed by atoms with E-state index in [0.717, 1.165) is 5.56 Å². The average Bonchev–Trinajstić information content (AvgIpc) is 3.16. The SMILES string of the molecule is CC(=O)N(c1nc(/C=C/C(=O)NC(C)c2ccc(Cl)cc2Cl)cs1)c1ccccc1F. The van der Waals surface area contributed by atoms with Crippen molar-refractivity contribution in [3.8, 4) is 0 Å². The first-order chi connectivity index (χ1) is 14.8. The summed E-state index contributed by atoms with van der Waals surface area (Å²) in [7, 11) is 0. The van der Waals surface area contributed by atoms with Crippen LogP contribution in [0.3, 0.4) is 0 Å². The Morgan fingerprint density at radius 3 is 2.65 bits per heavy atom. The Bertz CT molecular complexity index is 1150. The third-order valence-corrected chi connectivity index (χ3v) is 5.71. The van der Waals surface area contributed by atoms with Crippen LogP contribution in [0.5, 0.6) is 0 Å². The number of carbonyl (C=O) groups is 2. The van der Waals surface area contributed by atoms with Gasteiger partial charge in [-0.1, -0.05) is 41.4 Å². The summed E-state index contributed by atoms with van der Waals surface area (Å²) in [4.78, 5) is 29.9. The van der Waals surface area contributed by atoms with Crippen molar-refractivity contribution in [3.63, 3.8) is 0 Å². The summed E-state index contributed by atoms with van der Waals surface area (Å²) in [6, 6.07) is 10.7. The number of halogens is 3. The van der Waals surface area contributed by atoms with Gasteiger partial charge in [0.1, 0.15) is 5.82 Å². The maximum atomic E-state index is 14.2. The van der Waals surface area contributed by atoms with E-state index >= 15 is 0 Å². The minimum Gasteiger partial charge on any atom is -0.346 e. The Kier molecular flexibility index (Phi) is 7.43.